The molecular formula is C13H12F3NO2S. The molecule has 2 aromatic rings. The normalized spacial score (nSPS) is 13.2. The number of alkyl halides is 3. The highest BCUT2D eigenvalue weighted by Gasteiger charge is 2.35. The Bertz CT molecular complexity index is 566. The Kier molecular flexibility index (Phi) is 4.29. The molecule has 0 fully saturated rings. The molecule has 0 aliphatic heterocycles. The average molecular weight is 303 g/mol. The van der Waals surface area contributed by atoms with Gasteiger partial charge in [-0.25, -0.2) is 4.98 Å². The third-order valence-corrected chi connectivity index (χ3v) is 3.83. The lowest BCUT2D eigenvalue weighted by Gasteiger charge is -2.08. The van der Waals surface area contributed by atoms with E-state index in [4.69, 9.17) is 4.74 Å². The van der Waals surface area contributed by atoms with Gasteiger partial charge >= 0.3 is 6.18 Å². The number of hydrogen-bond donors (Lipinski definition) is 1. The van der Waals surface area contributed by atoms with Crippen LogP contribution in [0, 0.1) is 0 Å². The Labute approximate surface area is 117 Å². The van der Waals surface area contributed by atoms with Crippen LogP contribution in [0.4, 0.5) is 13.2 Å². The van der Waals surface area contributed by atoms with E-state index in [1.807, 2.05) is 0 Å². The fourth-order valence-electron chi connectivity index (χ4n) is 1.66. The molecule has 0 bridgehead atoms. The van der Waals surface area contributed by atoms with Gasteiger partial charge in [0, 0.05) is 12.6 Å². The summed E-state index contributed by atoms with van der Waals surface area (Å²) in [7, 11) is 1.54. The van der Waals surface area contributed by atoms with E-state index >= 15 is 0 Å². The van der Waals surface area contributed by atoms with Gasteiger partial charge < -0.3 is 9.84 Å². The molecule has 0 radical (unpaired) electrons. The second-order valence-corrected chi connectivity index (χ2v) is 5.20. The van der Waals surface area contributed by atoms with Crippen molar-refractivity contribution in [3.8, 4) is 5.75 Å². The Morgan fingerprint density at radius 1 is 1.30 bits per heavy atom. The van der Waals surface area contributed by atoms with Crippen LogP contribution < -0.4 is 4.74 Å². The van der Waals surface area contributed by atoms with Crippen molar-refractivity contribution in [2.24, 2.45) is 0 Å². The first-order valence-electron chi connectivity index (χ1n) is 5.74. The van der Waals surface area contributed by atoms with Gasteiger partial charge in [-0.3, -0.25) is 0 Å². The molecule has 3 nitrogen and oxygen atoms in total. The molecular weight excluding hydrogens is 291 g/mol. The number of aliphatic hydroxyl groups is 1. The fourth-order valence-corrected chi connectivity index (χ4v) is 2.43. The first-order chi connectivity index (χ1) is 9.40. The number of rotatable bonds is 4. The molecule has 20 heavy (non-hydrogen) atoms. The quantitative estimate of drug-likeness (QED) is 0.940. The third kappa shape index (κ3) is 3.49. The summed E-state index contributed by atoms with van der Waals surface area (Å²) in [6, 6.07) is 6.98. The maximum atomic E-state index is 12.4. The Morgan fingerprint density at radius 2 is 1.95 bits per heavy atom. The lowest BCUT2D eigenvalue weighted by molar-refractivity contribution is -0.137. The highest BCUT2D eigenvalue weighted by Crippen LogP contribution is 2.35. The summed E-state index contributed by atoms with van der Waals surface area (Å²) >= 11 is 0.464. The van der Waals surface area contributed by atoms with E-state index in [-0.39, 0.29) is 11.3 Å². The van der Waals surface area contributed by atoms with Crippen LogP contribution in [0.2, 0.25) is 0 Å². The van der Waals surface area contributed by atoms with Gasteiger partial charge in [-0.2, -0.15) is 13.2 Å². The molecule has 2 rings (SSSR count). The second-order valence-electron chi connectivity index (χ2n) is 4.13. The van der Waals surface area contributed by atoms with Crippen molar-refractivity contribution in [1.29, 1.82) is 0 Å². The van der Waals surface area contributed by atoms with Gasteiger partial charge in [-0.05, 0) is 17.7 Å². The Morgan fingerprint density at radius 3 is 2.45 bits per heavy atom. The minimum atomic E-state index is -4.47. The van der Waals surface area contributed by atoms with Crippen molar-refractivity contribution >= 4 is 11.3 Å². The molecule has 0 saturated carbocycles. The number of halogens is 3. The number of thiazole rings is 1. The van der Waals surface area contributed by atoms with Crippen molar-refractivity contribution in [3.05, 3.63) is 45.9 Å². The van der Waals surface area contributed by atoms with Crippen LogP contribution in [0.1, 0.15) is 21.6 Å². The van der Waals surface area contributed by atoms with Crippen LogP contribution >= 0.6 is 11.3 Å². The van der Waals surface area contributed by atoms with E-state index in [1.54, 1.807) is 31.4 Å². The second kappa shape index (κ2) is 5.80. The number of ether oxygens (including phenoxy) is 1. The zero-order chi connectivity index (χ0) is 14.8. The highest BCUT2D eigenvalue weighted by atomic mass is 32.1. The van der Waals surface area contributed by atoms with Gasteiger partial charge in [-0.1, -0.05) is 12.1 Å². The van der Waals surface area contributed by atoms with Gasteiger partial charge in [-0.15, -0.1) is 11.3 Å². The zero-order valence-corrected chi connectivity index (χ0v) is 11.3. The largest absolute Gasteiger partial charge is 0.497 e. The first-order valence-corrected chi connectivity index (χ1v) is 6.55. The van der Waals surface area contributed by atoms with Crippen LogP contribution in [0.15, 0.2) is 30.5 Å². The molecule has 108 valence electrons. The molecule has 1 aromatic carbocycles. The van der Waals surface area contributed by atoms with E-state index in [0.29, 0.717) is 17.1 Å². The Balaban J connectivity index is 2.07. The summed E-state index contributed by atoms with van der Waals surface area (Å²) in [5.74, 6) is 0.681. The number of nitrogens with zero attached hydrogens (tertiary/aromatic N) is 1. The fraction of sp³-hybridized carbons (Fsp3) is 0.308. The average Bonchev–Trinajstić information content (AvgIpc) is 2.89. The molecule has 1 atom stereocenters. The molecule has 0 spiro atoms. The van der Waals surface area contributed by atoms with Crippen LogP contribution in [-0.4, -0.2) is 17.2 Å². The SMILES string of the molecule is COc1ccc(CC(O)c2cnc(C(F)(F)F)s2)cc1. The maximum Gasteiger partial charge on any atom is 0.443 e. The number of hydrogen-bond acceptors (Lipinski definition) is 4. The molecule has 0 aliphatic rings. The molecule has 7 heteroatoms. The molecule has 1 aromatic heterocycles. The maximum absolute atomic E-state index is 12.4. The zero-order valence-electron chi connectivity index (χ0n) is 10.5. The molecule has 1 heterocycles. The number of aliphatic hydroxyl groups excluding tert-OH is 1. The van der Waals surface area contributed by atoms with Crippen molar-refractivity contribution in [1.82, 2.24) is 4.98 Å². The van der Waals surface area contributed by atoms with Gasteiger partial charge in [0.2, 0.25) is 0 Å². The summed E-state index contributed by atoms with van der Waals surface area (Å²) < 4.78 is 42.3. The Hall–Kier alpha value is -1.60. The lowest BCUT2D eigenvalue weighted by atomic mass is 10.1. The molecule has 0 saturated heterocycles. The van der Waals surface area contributed by atoms with Gasteiger partial charge in [0.1, 0.15) is 5.75 Å². The smallest absolute Gasteiger partial charge is 0.443 e. The summed E-state index contributed by atoms with van der Waals surface area (Å²) in [4.78, 5) is 3.49. The van der Waals surface area contributed by atoms with E-state index in [9.17, 15) is 18.3 Å². The van der Waals surface area contributed by atoms with Crippen LogP contribution in [0.3, 0.4) is 0 Å². The van der Waals surface area contributed by atoms with E-state index in [2.05, 4.69) is 4.98 Å². The summed E-state index contributed by atoms with van der Waals surface area (Å²) in [5.41, 5.74) is 0.806. The summed E-state index contributed by atoms with van der Waals surface area (Å²) in [6.07, 6.45) is -4.18. The van der Waals surface area contributed by atoms with Crippen LogP contribution in [0.25, 0.3) is 0 Å². The van der Waals surface area contributed by atoms with Gasteiger partial charge in [0.25, 0.3) is 0 Å². The van der Waals surface area contributed by atoms with Crippen molar-refractivity contribution in [3.63, 3.8) is 0 Å². The first kappa shape index (κ1) is 14.8. The molecule has 1 unspecified atom stereocenters. The standard InChI is InChI=1S/C13H12F3NO2S/c1-19-9-4-2-8(3-5-9)6-10(18)11-7-17-12(20-11)13(14,15)16/h2-5,7,10,18H,6H2,1H3. The number of methoxy groups -OCH3 is 1. The predicted molar refractivity (Wildman–Crippen MR) is 68.8 cm³/mol. The van der Waals surface area contributed by atoms with E-state index in [0.717, 1.165) is 11.8 Å². The van der Waals surface area contributed by atoms with Crippen molar-refractivity contribution < 1.29 is 23.0 Å². The summed E-state index contributed by atoms with van der Waals surface area (Å²) in [6.45, 7) is 0. The van der Waals surface area contributed by atoms with Crippen LogP contribution in [-0.2, 0) is 12.6 Å². The predicted octanol–water partition coefficient (Wildman–Crippen LogP) is 3.45. The van der Waals surface area contributed by atoms with Crippen molar-refractivity contribution in [2.75, 3.05) is 7.11 Å². The minimum Gasteiger partial charge on any atom is -0.497 e. The van der Waals surface area contributed by atoms with Gasteiger partial charge in [0.15, 0.2) is 5.01 Å². The molecule has 1 N–H and O–H groups in total. The molecule has 0 amide bonds. The number of aromatic nitrogens is 1. The highest BCUT2D eigenvalue weighted by molar-refractivity contribution is 7.11. The third-order valence-electron chi connectivity index (χ3n) is 2.68. The summed E-state index contributed by atoms with van der Waals surface area (Å²) in [5, 5.41) is 9.01. The minimum absolute atomic E-state index is 0.202. The monoisotopic (exact) mass is 303 g/mol. The van der Waals surface area contributed by atoms with Crippen molar-refractivity contribution in [2.45, 2.75) is 18.7 Å². The number of benzene rings is 1. The van der Waals surface area contributed by atoms with Gasteiger partial charge in [0.05, 0.1) is 18.1 Å². The topological polar surface area (TPSA) is 42.4 Å². The van der Waals surface area contributed by atoms with Crippen LogP contribution in [0.5, 0.6) is 5.75 Å². The van der Waals surface area contributed by atoms with E-state index < -0.39 is 17.3 Å². The van der Waals surface area contributed by atoms with E-state index in [1.165, 1.54) is 0 Å². The lowest BCUT2D eigenvalue weighted by Crippen LogP contribution is -2.03. The molecule has 0 aliphatic carbocycles.